The van der Waals surface area contributed by atoms with Crippen molar-refractivity contribution in [3.05, 3.63) is 100 Å². The highest BCUT2D eigenvalue weighted by atomic mass is 16.5. The second-order valence-electron chi connectivity index (χ2n) is 7.23. The van der Waals surface area contributed by atoms with E-state index in [-0.39, 0.29) is 18.2 Å². The maximum absolute atomic E-state index is 12.3. The molecule has 31 heavy (non-hydrogen) atoms. The van der Waals surface area contributed by atoms with Gasteiger partial charge in [-0.2, -0.15) is 0 Å². The summed E-state index contributed by atoms with van der Waals surface area (Å²) in [6.07, 6.45) is 1.70. The molecular weight excluding hydrogens is 392 g/mol. The Morgan fingerprint density at radius 1 is 0.968 bits per heavy atom. The monoisotopic (exact) mass is 414 g/mol. The number of hydrogen-bond donors (Lipinski definition) is 2. The van der Waals surface area contributed by atoms with E-state index in [4.69, 9.17) is 4.74 Å². The minimum Gasteiger partial charge on any atom is -0.487 e. The predicted octanol–water partition coefficient (Wildman–Crippen LogP) is 4.53. The minimum absolute atomic E-state index is 0.147. The highest BCUT2D eigenvalue weighted by Gasteiger charge is 2.06. The SMILES string of the molecule is Cc1ccc(NC(=O)Nc2ccc(OCc3cc(=O)n4cccc(C)c4n3)cc2)cc1. The van der Waals surface area contributed by atoms with Gasteiger partial charge in [0.2, 0.25) is 0 Å². The van der Waals surface area contributed by atoms with Crippen molar-refractivity contribution in [2.45, 2.75) is 20.5 Å². The van der Waals surface area contributed by atoms with E-state index in [1.54, 1.807) is 30.5 Å². The Morgan fingerprint density at radius 3 is 2.29 bits per heavy atom. The van der Waals surface area contributed by atoms with Gasteiger partial charge in [0.1, 0.15) is 18.0 Å². The molecule has 0 aliphatic rings. The maximum atomic E-state index is 12.3. The Hall–Kier alpha value is -4.13. The van der Waals surface area contributed by atoms with Gasteiger partial charge in [0.15, 0.2) is 0 Å². The molecule has 2 N–H and O–H groups in total. The molecule has 4 aromatic rings. The van der Waals surface area contributed by atoms with E-state index in [9.17, 15) is 9.59 Å². The molecule has 7 heteroatoms. The van der Waals surface area contributed by atoms with E-state index in [0.717, 1.165) is 16.8 Å². The number of aryl methyl sites for hydroxylation is 2. The Kier molecular flexibility index (Phi) is 5.66. The first-order valence-electron chi connectivity index (χ1n) is 9.83. The summed E-state index contributed by atoms with van der Waals surface area (Å²) in [5.41, 5.74) is 4.42. The summed E-state index contributed by atoms with van der Waals surface area (Å²) >= 11 is 0. The lowest BCUT2D eigenvalue weighted by molar-refractivity contribution is 0.262. The van der Waals surface area contributed by atoms with Crippen LogP contribution in [0.15, 0.2) is 77.7 Å². The summed E-state index contributed by atoms with van der Waals surface area (Å²) in [6, 6.07) is 19.4. The third-order valence-corrected chi connectivity index (χ3v) is 4.75. The molecule has 2 heterocycles. The molecule has 0 spiro atoms. The first-order chi connectivity index (χ1) is 15.0. The largest absolute Gasteiger partial charge is 0.487 e. The zero-order valence-corrected chi connectivity index (χ0v) is 17.3. The number of rotatable bonds is 5. The normalized spacial score (nSPS) is 10.6. The lowest BCUT2D eigenvalue weighted by Gasteiger charge is -2.10. The fourth-order valence-electron chi connectivity index (χ4n) is 3.10. The number of ether oxygens (including phenoxy) is 1. The Morgan fingerprint density at radius 2 is 1.61 bits per heavy atom. The van der Waals surface area contributed by atoms with Crippen LogP contribution >= 0.6 is 0 Å². The number of aromatic nitrogens is 2. The first-order valence-corrected chi connectivity index (χ1v) is 9.83. The number of pyridine rings is 1. The molecule has 2 aromatic heterocycles. The van der Waals surface area contributed by atoms with Crippen LogP contribution in [0.5, 0.6) is 5.75 Å². The maximum Gasteiger partial charge on any atom is 0.323 e. The van der Waals surface area contributed by atoms with E-state index in [0.29, 0.717) is 22.8 Å². The summed E-state index contributed by atoms with van der Waals surface area (Å²) < 4.78 is 7.28. The number of hydrogen-bond acceptors (Lipinski definition) is 4. The molecule has 4 rings (SSSR count). The van der Waals surface area contributed by atoms with Gasteiger partial charge in [-0.15, -0.1) is 0 Å². The van der Waals surface area contributed by atoms with Crippen LogP contribution < -0.4 is 20.9 Å². The van der Waals surface area contributed by atoms with Crippen LogP contribution in [0.1, 0.15) is 16.8 Å². The summed E-state index contributed by atoms with van der Waals surface area (Å²) in [7, 11) is 0. The lowest BCUT2D eigenvalue weighted by Crippen LogP contribution is -2.19. The zero-order chi connectivity index (χ0) is 21.8. The highest BCUT2D eigenvalue weighted by Crippen LogP contribution is 2.17. The Balaban J connectivity index is 1.37. The molecule has 156 valence electrons. The molecule has 0 atom stereocenters. The number of amides is 2. The number of fused-ring (bicyclic) bond motifs is 1. The van der Waals surface area contributed by atoms with Crippen molar-refractivity contribution < 1.29 is 9.53 Å². The number of nitrogens with one attached hydrogen (secondary N) is 2. The van der Waals surface area contributed by atoms with Gasteiger partial charge in [0.05, 0.1) is 5.69 Å². The van der Waals surface area contributed by atoms with E-state index >= 15 is 0 Å². The quantitative estimate of drug-likeness (QED) is 0.502. The van der Waals surface area contributed by atoms with Crippen molar-refractivity contribution >= 4 is 23.1 Å². The van der Waals surface area contributed by atoms with Crippen LogP contribution in [0, 0.1) is 13.8 Å². The molecule has 0 aliphatic carbocycles. The molecule has 0 saturated carbocycles. The summed E-state index contributed by atoms with van der Waals surface area (Å²) in [5, 5.41) is 5.56. The predicted molar refractivity (Wildman–Crippen MR) is 121 cm³/mol. The Labute approximate surface area is 179 Å². The number of nitrogens with zero attached hydrogens (tertiary/aromatic N) is 2. The van der Waals surface area contributed by atoms with Gasteiger partial charge in [-0.25, -0.2) is 9.78 Å². The van der Waals surface area contributed by atoms with Crippen LogP contribution in [0.4, 0.5) is 16.2 Å². The van der Waals surface area contributed by atoms with Crippen LogP contribution in [0.3, 0.4) is 0 Å². The zero-order valence-electron chi connectivity index (χ0n) is 17.3. The van der Waals surface area contributed by atoms with Gasteiger partial charge in [-0.3, -0.25) is 9.20 Å². The van der Waals surface area contributed by atoms with Crippen molar-refractivity contribution in [1.29, 1.82) is 0 Å². The first kappa shape index (κ1) is 20.2. The van der Waals surface area contributed by atoms with E-state index < -0.39 is 0 Å². The Bertz CT molecular complexity index is 1280. The van der Waals surface area contributed by atoms with E-state index in [1.165, 1.54) is 10.5 Å². The number of carbonyl (C=O) groups is 1. The molecule has 2 amide bonds. The van der Waals surface area contributed by atoms with Crippen molar-refractivity contribution in [1.82, 2.24) is 9.38 Å². The van der Waals surface area contributed by atoms with Crippen LogP contribution in [0.25, 0.3) is 5.65 Å². The van der Waals surface area contributed by atoms with E-state index in [1.807, 2.05) is 50.2 Å². The average molecular weight is 414 g/mol. The smallest absolute Gasteiger partial charge is 0.323 e. The van der Waals surface area contributed by atoms with Gasteiger partial charge in [0.25, 0.3) is 5.56 Å². The molecule has 0 saturated heterocycles. The molecule has 0 radical (unpaired) electrons. The second kappa shape index (κ2) is 8.71. The van der Waals surface area contributed by atoms with Gasteiger partial charge < -0.3 is 15.4 Å². The average Bonchev–Trinajstić information content (AvgIpc) is 2.76. The minimum atomic E-state index is -0.325. The van der Waals surface area contributed by atoms with Crippen molar-refractivity contribution in [3.63, 3.8) is 0 Å². The molecule has 0 bridgehead atoms. The molecule has 0 fully saturated rings. The van der Waals surface area contributed by atoms with Crippen molar-refractivity contribution in [3.8, 4) is 5.75 Å². The molecular formula is C24H22N4O3. The van der Waals surface area contributed by atoms with Gasteiger partial charge >= 0.3 is 6.03 Å². The topological polar surface area (TPSA) is 84.7 Å². The van der Waals surface area contributed by atoms with Gasteiger partial charge in [0, 0.05) is 23.6 Å². The van der Waals surface area contributed by atoms with Gasteiger partial charge in [-0.1, -0.05) is 23.8 Å². The standard InChI is InChI=1S/C24H22N4O3/c1-16-5-7-18(8-6-16)26-24(30)27-19-9-11-21(12-10-19)31-15-20-14-22(29)28-13-3-4-17(2)23(28)25-20/h3-14H,15H2,1-2H3,(H2,26,27,30). The summed E-state index contributed by atoms with van der Waals surface area (Å²) in [4.78, 5) is 28.9. The fourth-order valence-corrected chi connectivity index (χ4v) is 3.10. The molecule has 0 aliphatic heterocycles. The summed E-state index contributed by atoms with van der Waals surface area (Å²) in [5.74, 6) is 0.608. The second-order valence-corrected chi connectivity index (χ2v) is 7.23. The van der Waals surface area contributed by atoms with E-state index in [2.05, 4.69) is 15.6 Å². The van der Waals surface area contributed by atoms with Gasteiger partial charge in [-0.05, 0) is 61.9 Å². The lowest BCUT2D eigenvalue weighted by atomic mass is 10.2. The molecule has 0 unspecified atom stereocenters. The third kappa shape index (κ3) is 4.90. The van der Waals surface area contributed by atoms with Crippen molar-refractivity contribution in [2.75, 3.05) is 10.6 Å². The van der Waals surface area contributed by atoms with Crippen LogP contribution in [0.2, 0.25) is 0 Å². The summed E-state index contributed by atoms with van der Waals surface area (Å²) in [6.45, 7) is 4.07. The highest BCUT2D eigenvalue weighted by molar-refractivity contribution is 5.99. The molecule has 2 aromatic carbocycles. The van der Waals surface area contributed by atoms with Crippen LogP contribution in [-0.4, -0.2) is 15.4 Å². The third-order valence-electron chi connectivity index (χ3n) is 4.75. The van der Waals surface area contributed by atoms with Crippen LogP contribution in [-0.2, 0) is 6.61 Å². The number of anilines is 2. The van der Waals surface area contributed by atoms with Crippen molar-refractivity contribution in [2.24, 2.45) is 0 Å². The molecule has 7 nitrogen and oxygen atoms in total. The number of urea groups is 1. The fraction of sp³-hybridized carbons (Fsp3) is 0.125. The number of benzene rings is 2. The number of carbonyl (C=O) groups excluding carboxylic acids is 1.